The second kappa shape index (κ2) is 3.18. The minimum absolute atomic E-state index is 0.557. The quantitative estimate of drug-likeness (QED) is 0.659. The molecule has 13 heavy (non-hydrogen) atoms. The SMILES string of the molecule is C=CCNc1nnnc2nc[nH]c12. The van der Waals surface area contributed by atoms with Crippen LogP contribution in [0.15, 0.2) is 19.0 Å². The minimum Gasteiger partial charge on any atom is -0.363 e. The molecule has 2 N–H and O–H groups in total. The van der Waals surface area contributed by atoms with Gasteiger partial charge in [-0.05, 0) is 5.21 Å². The summed E-state index contributed by atoms with van der Waals surface area (Å²) in [5.41, 5.74) is 1.32. The summed E-state index contributed by atoms with van der Waals surface area (Å²) in [5.74, 6) is 0.641. The lowest BCUT2D eigenvalue weighted by Gasteiger charge is -1.99. The smallest absolute Gasteiger partial charge is 0.205 e. The van der Waals surface area contributed by atoms with E-state index in [0.29, 0.717) is 18.0 Å². The van der Waals surface area contributed by atoms with Crippen LogP contribution in [0.25, 0.3) is 11.2 Å². The Labute approximate surface area is 74.1 Å². The highest BCUT2D eigenvalue weighted by Crippen LogP contribution is 2.12. The van der Waals surface area contributed by atoms with Crippen LogP contribution in [0.5, 0.6) is 0 Å². The van der Waals surface area contributed by atoms with E-state index in [0.717, 1.165) is 5.52 Å². The predicted molar refractivity (Wildman–Crippen MR) is 48.2 cm³/mol. The number of anilines is 1. The van der Waals surface area contributed by atoms with E-state index in [1.165, 1.54) is 0 Å². The van der Waals surface area contributed by atoms with Gasteiger partial charge in [0.2, 0.25) is 5.65 Å². The first-order chi connectivity index (χ1) is 6.42. The molecular formula is C7H8N6. The molecule has 6 heteroatoms. The Morgan fingerprint density at radius 2 is 2.46 bits per heavy atom. The highest BCUT2D eigenvalue weighted by molar-refractivity contribution is 5.81. The summed E-state index contributed by atoms with van der Waals surface area (Å²) in [7, 11) is 0. The average Bonchev–Trinajstić information content (AvgIpc) is 2.62. The van der Waals surface area contributed by atoms with Crippen LogP contribution in [-0.2, 0) is 0 Å². The van der Waals surface area contributed by atoms with Crippen LogP contribution in [0.4, 0.5) is 5.82 Å². The Bertz CT molecular complexity index is 420. The molecule has 0 fully saturated rings. The van der Waals surface area contributed by atoms with Gasteiger partial charge in [0.1, 0.15) is 5.52 Å². The lowest BCUT2D eigenvalue weighted by molar-refractivity contribution is 0.889. The standard InChI is InChI=1S/C7H8N6/c1-2-3-8-6-5-7(10-4-9-5)12-13-11-6/h2,4H,1,3H2,(H2,8,9,10,11,12). The molecule has 6 nitrogen and oxygen atoms in total. The van der Waals surface area contributed by atoms with Gasteiger partial charge in [0.05, 0.1) is 6.33 Å². The molecule has 0 atom stereocenters. The molecule has 0 saturated heterocycles. The van der Waals surface area contributed by atoms with Gasteiger partial charge < -0.3 is 10.3 Å². The first-order valence-corrected chi connectivity index (χ1v) is 3.79. The van der Waals surface area contributed by atoms with Crippen LogP contribution in [-0.4, -0.2) is 31.9 Å². The van der Waals surface area contributed by atoms with Gasteiger partial charge in [0, 0.05) is 6.54 Å². The fourth-order valence-corrected chi connectivity index (χ4v) is 0.989. The zero-order valence-corrected chi connectivity index (χ0v) is 6.86. The zero-order valence-electron chi connectivity index (χ0n) is 6.86. The van der Waals surface area contributed by atoms with E-state index in [-0.39, 0.29) is 0 Å². The van der Waals surface area contributed by atoms with Crippen LogP contribution >= 0.6 is 0 Å². The topological polar surface area (TPSA) is 79.4 Å². The number of aromatic nitrogens is 5. The maximum absolute atomic E-state index is 3.95. The van der Waals surface area contributed by atoms with Crippen molar-refractivity contribution in [2.24, 2.45) is 0 Å². The average molecular weight is 176 g/mol. The largest absolute Gasteiger partial charge is 0.363 e. The van der Waals surface area contributed by atoms with E-state index in [4.69, 9.17) is 0 Å². The summed E-state index contributed by atoms with van der Waals surface area (Å²) < 4.78 is 0. The summed E-state index contributed by atoms with van der Waals surface area (Å²) in [5, 5.41) is 14.1. The number of nitrogens with one attached hydrogen (secondary N) is 2. The Hall–Kier alpha value is -1.98. The predicted octanol–water partition coefficient (Wildman–Crippen LogP) is 0.346. The van der Waals surface area contributed by atoms with Crippen molar-refractivity contribution in [3.05, 3.63) is 19.0 Å². The summed E-state index contributed by atoms with van der Waals surface area (Å²) >= 11 is 0. The minimum atomic E-state index is 0.557. The van der Waals surface area contributed by atoms with Crippen molar-refractivity contribution in [3.63, 3.8) is 0 Å². The van der Waals surface area contributed by atoms with Gasteiger partial charge in [-0.1, -0.05) is 6.08 Å². The maximum atomic E-state index is 3.95. The highest BCUT2D eigenvalue weighted by Gasteiger charge is 2.04. The summed E-state index contributed by atoms with van der Waals surface area (Å²) in [6.07, 6.45) is 3.30. The van der Waals surface area contributed by atoms with Gasteiger partial charge in [0.15, 0.2) is 5.82 Å². The van der Waals surface area contributed by atoms with E-state index in [1.807, 2.05) is 0 Å². The Morgan fingerprint density at radius 3 is 3.31 bits per heavy atom. The molecule has 2 aromatic heterocycles. The summed E-state index contributed by atoms with van der Waals surface area (Å²) in [6, 6.07) is 0. The molecule has 66 valence electrons. The summed E-state index contributed by atoms with van der Waals surface area (Å²) in [6.45, 7) is 4.22. The molecule has 0 bridgehead atoms. The number of imidazole rings is 1. The van der Waals surface area contributed by atoms with Gasteiger partial charge in [-0.15, -0.1) is 16.8 Å². The van der Waals surface area contributed by atoms with Crippen molar-refractivity contribution in [2.45, 2.75) is 0 Å². The molecule has 0 amide bonds. The molecule has 2 heterocycles. The number of H-pyrrole nitrogens is 1. The van der Waals surface area contributed by atoms with Crippen molar-refractivity contribution in [3.8, 4) is 0 Å². The van der Waals surface area contributed by atoms with Gasteiger partial charge in [-0.3, -0.25) is 0 Å². The number of hydrogen-bond acceptors (Lipinski definition) is 5. The molecule has 0 saturated carbocycles. The number of hydrogen-bond donors (Lipinski definition) is 2. The lowest BCUT2D eigenvalue weighted by Crippen LogP contribution is -2.03. The Kier molecular flexibility index (Phi) is 1.87. The third-order valence-electron chi connectivity index (χ3n) is 1.55. The van der Waals surface area contributed by atoms with Gasteiger partial charge in [0.25, 0.3) is 0 Å². The summed E-state index contributed by atoms with van der Waals surface area (Å²) in [4.78, 5) is 6.88. The van der Waals surface area contributed by atoms with E-state index < -0.39 is 0 Å². The fraction of sp³-hybridized carbons (Fsp3) is 0.143. The normalized spacial score (nSPS) is 10.2. The third kappa shape index (κ3) is 1.33. The molecule has 0 aliphatic rings. The van der Waals surface area contributed by atoms with E-state index in [1.54, 1.807) is 12.4 Å². The maximum Gasteiger partial charge on any atom is 0.205 e. The van der Waals surface area contributed by atoms with Crippen LogP contribution in [0.2, 0.25) is 0 Å². The van der Waals surface area contributed by atoms with E-state index in [9.17, 15) is 0 Å². The Morgan fingerprint density at radius 1 is 1.54 bits per heavy atom. The molecule has 0 aromatic carbocycles. The van der Waals surface area contributed by atoms with Gasteiger partial charge >= 0.3 is 0 Å². The van der Waals surface area contributed by atoms with Crippen molar-refractivity contribution in [2.75, 3.05) is 11.9 Å². The second-order valence-electron chi connectivity index (χ2n) is 2.41. The zero-order chi connectivity index (χ0) is 9.10. The van der Waals surface area contributed by atoms with Crippen LogP contribution in [0.1, 0.15) is 0 Å². The molecule has 0 radical (unpaired) electrons. The number of aromatic amines is 1. The molecular weight excluding hydrogens is 168 g/mol. The molecule has 0 spiro atoms. The van der Waals surface area contributed by atoms with Crippen LogP contribution < -0.4 is 5.32 Å². The first-order valence-electron chi connectivity index (χ1n) is 3.79. The molecule has 2 aromatic rings. The van der Waals surface area contributed by atoms with Crippen molar-refractivity contribution >= 4 is 17.0 Å². The van der Waals surface area contributed by atoms with E-state index >= 15 is 0 Å². The highest BCUT2D eigenvalue weighted by atomic mass is 15.3. The molecule has 0 aliphatic carbocycles. The molecule has 2 rings (SSSR count). The van der Waals surface area contributed by atoms with Crippen LogP contribution in [0.3, 0.4) is 0 Å². The molecule has 0 aliphatic heterocycles. The van der Waals surface area contributed by atoms with Gasteiger partial charge in [-0.2, -0.15) is 0 Å². The van der Waals surface area contributed by atoms with E-state index in [2.05, 4.69) is 37.3 Å². The fourth-order valence-electron chi connectivity index (χ4n) is 0.989. The number of fused-ring (bicyclic) bond motifs is 1. The number of rotatable bonds is 3. The lowest BCUT2D eigenvalue weighted by atomic mass is 10.5. The van der Waals surface area contributed by atoms with Crippen molar-refractivity contribution in [1.29, 1.82) is 0 Å². The van der Waals surface area contributed by atoms with Crippen LogP contribution in [0, 0.1) is 0 Å². The number of nitrogens with zero attached hydrogens (tertiary/aromatic N) is 4. The second-order valence-corrected chi connectivity index (χ2v) is 2.41. The Balaban J connectivity index is 2.42. The van der Waals surface area contributed by atoms with Crippen molar-refractivity contribution < 1.29 is 0 Å². The van der Waals surface area contributed by atoms with Gasteiger partial charge in [-0.25, -0.2) is 4.98 Å². The third-order valence-corrected chi connectivity index (χ3v) is 1.55. The molecule has 0 unspecified atom stereocenters. The monoisotopic (exact) mass is 176 g/mol. The van der Waals surface area contributed by atoms with Crippen molar-refractivity contribution in [1.82, 2.24) is 25.4 Å². The first kappa shape index (κ1) is 7.66.